The van der Waals surface area contributed by atoms with Gasteiger partial charge in [0.15, 0.2) is 0 Å². The summed E-state index contributed by atoms with van der Waals surface area (Å²) in [6, 6.07) is 16.7. The van der Waals surface area contributed by atoms with Crippen LogP contribution in [0.1, 0.15) is 38.6 Å². The number of para-hydroxylation sites is 1. The molecule has 3 aromatic rings. The number of rotatable bonds is 4. The van der Waals surface area contributed by atoms with Crippen LogP contribution in [-0.4, -0.2) is 9.55 Å². The molecule has 0 aliphatic heterocycles. The zero-order valence-corrected chi connectivity index (χ0v) is 14.2. The van der Waals surface area contributed by atoms with Crippen LogP contribution in [0.5, 0.6) is 0 Å². The topological polar surface area (TPSA) is 43.8 Å². The Labute approximate surface area is 138 Å². The van der Waals surface area contributed by atoms with E-state index in [9.17, 15) is 0 Å². The van der Waals surface area contributed by atoms with Gasteiger partial charge in [0.25, 0.3) is 0 Å². The number of aromatic nitrogens is 2. The van der Waals surface area contributed by atoms with Crippen LogP contribution >= 0.6 is 0 Å². The van der Waals surface area contributed by atoms with Crippen molar-refractivity contribution < 1.29 is 0 Å². The van der Waals surface area contributed by atoms with Gasteiger partial charge in [-0.3, -0.25) is 0 Å². The van der Waals surface area contributed by atoms with Gasteiger partial charge >= 0.3 is 0 Å². The van der Waals surface area contributed by atoms with E-state index in [1.807, 2.05) is 12.1 Å². The SMILES string of the molecule is CC(C)(C)c1nc2c(N)cccc2n1CCCc1ccccc1. The molecule has 0 atom stereocenters. The Kier molecular flexibility index (Phi) is 4.12. The molecular formula is C20H25N3. The predicted molar refractivity (Wildman–Crippen MR) is 97.6 cm³/mol. The molecule has 0 bridgehead atoms. The van der Waals surface area contributed by atoms with Gasteiger partial charge in [-0.15, -0.1) is 0 Å². The Morgan fingerprint density at radius 1 is 1.00 bits per heavy atom. The Morgan fingerprint density at radius 2 is 1.74 bits per heavy atom. The molecule has 0 saturated carbocycles. The number of benzene rings is 2. The number of imidazole rings is 1. The van der Waals surface area contributed by atoms with E-state index in [0.717, 1.165) is 41.9 Å². The van der Waals surface area contributed by atoms with E-state index >= 15 is 0 Å². The number of fused-ring (bicyclic) bond motifs is 1. The standard InChI is InChI=1S/C20H25N3/c1-20(2,3)19-22-18-16(21)12-7-13-17(18)23(19)14-8-11-15-9-5-4-6-10-15/h4-7,9-10,12-13H,8,11,14,21H2,1-3H3. The monoisotopic (exact) mass is 307 g/mol. The van der Waals surface area contributed by atoms with Crippen molar-refractivity contribution in [2.24, 2.45) is 0 Å². The Bertz CT molecular complexity index is 795. The first-order chi connectivity index (χ1) is 11.0. The van der Waals surface area contributed by atoms with Crippen LogP contribution in [0.2, 0.25) is 0 Å². The maximum absolute atomic E-state index is 6.13. The second kappa shape index (κ2) is 6.07. The Hall–Kier alpha value is -2.29. The van der Waals surface area contributed by atoms with Crippen LogP contribution in [0.25, 0.3) is 11.0 Å². The highest BCUT2D eigenvalue weighted by molar-refractivity contribution is 5.87. The fourth-order valence-corrected chi connectivity index (χ4v) is 3.05. The zero-order chi connectivity index (χ0) is 16.4. The largest absolute Gasteiger partial charge is 0.397 e. The number of anilines is 1. The van der Waals surface area contributed by atoms with Crippen molar-refractivity contribution in [3.8, 4) is 0 Å². The molecule has 1 aromatic heterocycles. The highest BCUT2D eigenvalue weighted by atomic mass is 15.1. The number of nitrogens with two attached hydrogens (primary N) is 1. The molecule has 23 heavy (non-hydrogen) atoms. The van der Waals surface area contributed by atoms with Crippen LogP contribution in [0.15, 0.2) is 48.5 Å². The number of hydrogen-bond donors (Lipinski definition) is 1. The first-order valence-electron chi connectivity index (χ1n) is 8.26. The van der Waals surface area contributed by atoms with Gasteiger partial charge in [-0.05, 0) is 30.5 Å². The summed E-state index contributed by atoms with van der Waals surface area (Å²) in [6.45, 7) is 7.58. The lowest BCUT2D eigenvalue weighted by molar-refractivity contribution is 0.496. The summed E-state index contributed by atoms with van der Waals surface area (Å²) < 4.78 is 2.34. The molecule has 0 spiro atoms. The van der Waals surface area contributed by atoms with E-state index in [-0.39, 0.29) is 5.41 Å². The minimum atomic E-state index is -0.00178. The van der Waals surface area contributed by atoms with Crippen molar-refractivity contribution >= 4 is 16.7 Å². The second-order valence-electron chi connectivity index (χ2n) is 7.14. The average Bonchev–Trinajstić information content (AvgIpc) is 2.89. The number of aryl methyl sites for hydroxylation is 2. The first kappa shape index (κ1) is 15.6. The van der Waals surface area contributed by atoms with E-state index < -0.39 is 0 Å². The lowest BCUT2D eigenvalue weighted by Crippen LogP contribution is -2.19. The average molecular weight is 307 g/mol. The fraction of sp³-hybridized carbons (Fsp3) is 0.350. The van der Waals surface area contributed by atoms with Crippen LogP contribution in [0, 0.1) is 0 Å². The lowest BCUT2D eigenvalue weighted by Gasteiger charge is -2.20. The van der Waals surface area contributed by atoms with Gasteiger partial charge < -0.3 is 10.3 Å². The predicted octanol–water partition coefficient (Wildman–Crippen LogP) is 4.55. The van der Waals surface area contributed by atoms with Crippen molar-refractivity contribution in [1.29, 1.82) is 0 Å². The molecule has 1 heterocycles. The summed E-state index contributed by atoms with van der Waals surface area (Å²) in [5.41, 5.74) is 10.3. The van der Waals surface area contributed by atoms with Gasteiger partial charge in [0.2, 0.25) is 0 Å². The number of hydrogen-bond acceptors (Lipinski definition) is 2. The molecule has 120 valence electrons. The molecule has 3 nitrogen and oxygen atoms in total. The van der Waals surface area contributed by atoms with E-state index in [4.69, 9.17) is 10.7 Å². The van der Waals surface area contributed by atoms with Gasteiger partial charge in [-0.25, -0.2) is 4.98 Å². The summed E-state index contributed by atoms with van der Waals surface area (Å²) in [4.78, 5) is 4.85. The van der Waals surface area contributed by atoms with E-state index in [2.05, 4.69) is 61.7 Å². The summed E-state index contributed by atoms with van der Waals surface area (Å²) in [5, 5.41) is 0. The maximum Gasteiger partial charge on any atom is 0.115 e. The lowest BCUT2D eigenvalue weighted by atomic mass is 9.95. The normalized spacial score (nSPS) is 12.0. The fourth-order valence-electron chi connectivity index (χ4n) is 3.05. The van der Waals surface area contributed by atoms with E-state index in [0.29, 0.717) is 0 Å². The molecule has 2 N–H and O–H groups in total. The smallest absolute Gasteiger partial charge is 0.115 e. The summed E-state index contributed by atoms with van der Waals surface area (Å²) in [7, 11) is 0. The maximum atomic E-state index is 6.13. The third kappa shape index (κ3) is 3.24. The Balaban J connectivity index is 1.90. The molecule has 0 aliphatic carbocycles. The van der Waals surface area contributed by atoms with Crippen LogP contribution in [0.3, 0.4) is 0 Å². The van der Waals surface area contributed by atoms with Crippen molar-refractivity contribution in [2.45, 2.75) is 45.6 Å². The third-order valence-corrected chi connectivity index (χ3v) is 4.17. The van der Waals surface area contributed by atoms with Gasteiger partial charge in [0, 0.05) is 12.0 Å². The van der Waals surface area contributed by atoms with Crippen LogP contribution < -0.4 is 5.73 Å². The Morgan fingerprint density at radius 3 is 2.43 bits per heavy atom. The summed E-state index contributed by atoms with van der Waals surface area (Å²) >= 11 is 0. The minimum absolute atomic E-state index is 0.00178. The molecule has 0 aliphatic rings. The third-order valence-electron chi connectivity index (χ3n) is 4.17. The molecule has 0 radical (unpaired) electrons. The molecule has 0 saturated heterocycles. The highest BCUT2D eigenvalue weighted by Gasteiger charge is 2.23. The van der Waals surface area contributed by atoms with Crippen molar-refractivity contribution in [3.63, 3.8) is 0 Å². The van der Waals surface area contributed by atoms with Crippen molar-refractivity contribution in [1.82, 2.24) is 9.55 Å². The molecule has 2 aromatic carbocycles. The van der Waals surface area contributed by atoms with Crippen LogP contribution in [0.4, 0.5) is 5.69 Å². The minimum Gasteiger partial charge on any atom is -0.397 e. The molecule has 3 rings (SSSR count). The van der Waals surface area contributed by atoms with Crippen molar-refractivity contribution in [3.05, 3.63) is 59.9 Å². The molecule has 3 heteroatoms. The van der Waals surface area contributed by atoms with Crippen LogP contribution in [-0.2, 0) is 18.4 Å². The number of nitrogen functional groups attached to an aromatic ring is 1. The molecule has 0 unspecified atom stereocenters. The summed E-state index contributed by atoms with van der Waals surface area (Å²) in [5.74, 6) is 1.11. The molecule has 0 fully saturated rings. The van der Waals surface area contributed by atoms with Gasteiger partial charge in [-0.1, -0.05) is 57.2 Å². The van der Waals surface area contributed by atoms with Crippen molar-refractivity contribution in [2.75, 3.05) is 5.73 Å². The van der Waals surface area contributed by atoms with Gasteiger partial charge in [0.05, 0.1) is 11.2 Å². The van der Waals surface area contributed by atoms with Gasteiger partial charge in [-0.2, -0.15) is 0 Å². The van der Waals surface area contributed by atoms with E-state index in [1.165, 1.54) is 5.56 Å². The molecular weight excluding hydrogens is 282 g/mol. The molecule has 0 amide bonds. The highest BCUT2D eigenvalue weighted by Crippen LogP contribution is 2.29. The number of nitrogens with zero attached hydrogens (tertiary/aromatic N) is 2. The summed E-state index contributed by atoms with van der Waals surface area (Å²) in [6.07, 6.45) is 2.17. The first-order valence-corrected chi connectivity index (χ1v) is 8.26. The quantitative estimate of drug-likeness (QED) is 0.719. The second-order valence-corrected chi connectivity index (χ2v) is 7.14. The van der Waals surface area contributed by atoms with E-state index in [1.54, 1.807) is 0 Å². The zero-order valence-electron chi connectivity index (χ0n) is 14.2. The van der Waals surface area contributed by atoms with Gasteiger partial charge in [0.1, 0.15) is 11.3 Å².